The number of aliphatic hydroxyl groups is 1. The molecule has 4 rings (SSSR count). The molecule has 0 aromatic heterocycles. The van der Waals surface area contributed by atoms with Crippen LogP contribution >= 0.6 is 0 Å². The van der Waals surface area contributed by atoms with Gasteiger partial charge in [0.25, 0.3) is 0 Å². The number of hydrogen-bond donors (Lipinski definition) is 2. The highest BCUT2D eigenvalue weighted by Gasteiger charge is 2.57. The van der Waals surface area contributed by atoms with Crippen molar-refractivity contribution in [2.45, 2.75) is 71.3 Å². The van der Waals surface area contributed by atoms with Crippen LogP contribution < -0.4 is 5.43 Å². The fourth-order valence-electron chi connectivity index (χ4n) is 6.75. The summed E-state index contributed by atoms with van der Waals surface area (Å²) in [5, 5.41) is 14.7. The molecule has 3 fully saturated rings. The predicted molar refractivity (Wildman–Crippen MR) is 94.2 cm³/mol. The first-order valence-corrected chi connectivity index (χ1v) is 9.60. The van der Waals surface area contributed by atoms with Gasteiger partial charge in [0.05, 0.1) is 6.10 Å². The van der Waals surface area contributed by atoms with Crippen molar-refractivity contribution in [1.82, 2.24) is 5.43 Å². The minimum Gasteiger partial charge on any atom is -0.393 e. The Morgan fingerprint density at radius 2 is 1.87 bits per heavy atom. The molecule has 0 spiro atoms. The van der Waals surface area contributed by atoms with Crippen LogP contribution in [0, 0.1) is 28.6 Å². The van der Waals surface area contributed by atoms with Gasteiger partial charge < -0.3 is 10.5 Å². The van der Waals surface area contributed by atoms with Crippen molar-refractivity contribution in [2.24, 2.45) is 33.7 Å². The second-order valence-corrected chi connectivity index (χ2v) is 8.93. The average Bonchev–Trinajstić information content (AvgIpc) is 2.85. The second kappa shape index (κ2) is 5.34. The summed E-state index contributed by atoms with van der Waals surface area (Å²) in [5.41, 5.74) is 6.71. The molecule has 3 saturated carbocycles. The summed E-state index contributed by atoms with van der Waals surface area (Å²) in [6.45, 7) is 4.98. The summed E-state index contributed by atoms with van der Waals surface area (Å²) in [5.74, 6) is 2.44. The molecule has 3 nitrogen and oxygen atoms in total. The Hall–Kier alpha value is -0.830. The van der Waals surface area contributed by atoms with Crippen LogP contribution in [0.25, 0.3) is 0 Å². The van der Waals surface area contributed by atoms with E-state index >= 15 is 0 Å². The zero-order chi connectivity index (χ0) is 16.2. The molecular formula is C20H32N2O. The normalized spacial score (nSPS) is 50.8. The molecule has 23 heavy (non-hydrogen) atoms. The molecule has 4 aliphatic rings. The number of fused-ring (bicyclic) bond motifs is 5. The van der Waals surface area contributed by atoms with Crippen LogP contribution in [0.2, 0.25) is 0 Å². The molecule has 0 aliphatic heterocycles. The maximum absolute atomic E-state index is 10.1. The molecule has 3 heteroatoms. The molecular weight excluding hydrogens is 284 g/mol. The minimum absolute atomic E-state index is 0.0967. The zero-order valence-electron chi connectivity index (χ0n) is 14.9. The van der Waals surface area contributed by atoms with Crippen LogP contribution in [0.5, 0.6) is 0 Å². The number of nitrogens with zero attached hydrogens (tertiary/aromatic N) is 1. The van der Waals surface area contributed by atoms with Gasteiger partial charge >= 0.3 is 0 Å². The van der Waals surface area contributed by atoms with Gasteiger partial charge in [-0.25, -0.2) is 0 Å². The van der Waals surface area contributed by atoms with Crippen molar-refractivity contribution >= 4 is 5.71 Å². The number of aliphatic hydroxyl groups excluding tert-OH is 1. The Balaban J connectivity index is 1.66. The lowest BCUT2D eigenvalue weighted by atomic mass is 9.48. The molecule has 0 bridgehead atoms. The van der Waals surface area contributed by atoms with E-state index in [9.17, 15) is 5.11 Å². The van der Waals surface area contributed by atoms with Crippen LogP contribution in [0.1, 0.15) is 65.2 Å². The third-order valence-electron chi connectivity index (χ3n) is 8.07. The third-order valence-corrected chi connectivity index (χ3v) is 8.07. The van der Waals surface area contributed by atoms with Gasteiger partial charge in [-0.2, -0.15) is 5.10 Å². The largest absolute Gasteiger partial charge is 0.393 e. The SMILES string of the molecule is CN/N=C1\CCC2C3CC=C4C[C@@H](O)CC[C@]4(C)C3CC[C@]12C. The van der Waals surface area contributed by atoms with Crippen molar-refractivity contribution in [1.29, 1.82) is 0 Å². The first-order chi connectivity index (χ1) is 11.0. The summed E-state index contributed by atoms with van der Waals surface area (Å²) >= 11 is 0. The lowest BCUT2D eigenvalue weighted by Crippen LogP contribution is -2.50. The van der Waals surface area contributed by atoms with Crippen molar-refractivity contribution in [3.63, 3.8) is 0 Å². The fourth-order valence-corrected chi connectivity index (χ4v) is 6.75. The molecule has 0 radical (unpaired) electrons. The third kappa shape index (κ3) is 2.15. The molecule has 0 aromatic carbocycles. The highest BCUT2D eigenvalue weighted by molar-refractivity contribution is 5.92. The van der Waals surface area contributed by atoms with Gasteiger partial charge in [-0.1, -0.05) is 25.5 Å². The molecule has 128 valence electrons. The number of hydrogen-bond acceptors (Lipinski definition) is 3. The van der Waals surface area contributed by atoms with Gasteiger partial charge in [0.2, 0.25) is 0 Å². The highest BCUT2D eigenvalue weighted by atomic mass is 16.3. The standard InChI is InChI=1S/C20H32N2O/c1-19-10-8-14(23)12-13(19)4-5-15-16-6-7-18(22-21-3)20(16,2)11-9-17(15)19/h4,14-17,21,23H,5-12H2,1-3H3/b22-18+/t14-,15?,16?,17?,19-,20-/m0/s1. The van der Waals surface area contributed by atoms with Gasteiger partial charge in [-0.05, 0) is 74.5 Å². The Bertz CT molecular complexity index is 554. The van der Waals surface area contributed by atoms with Gasteiger partial charge in [0.1, 0.15) is 0 Å². The van der Waals surface area contributed by atoms with Gasteiger partial charge in [-0.15, -0.1) is 0 Å². The molecule has 0 saturated heterocycles. The molecule has 4 aliphatic carbocycles. The lowest BCUT2D eigenvalue weighted by Gasteiger charge is -2.57. The summed E-state index contributed by atoms with van der Waals surface area (Å²) in [7, 11) is 1.93. The van der Waals surface area contributed by atoms with E-state index in [0.717, 1.165) is 30.6 Å². The van der Waals surface area contributed by atoms with Crippen LogP contribution in [0.4, 0.5) is 0 Å². The quantitative estimate of drug-likeness (QED) is 0.569. The molecule has 6 atom stereocenters. The fraction of sp³-hybridized carbons (Fsp3) is 0.850. The topological polar surface area (TPSA) is 44.6 Å². The van der Waals surface area contributed by atoms with E-state index in [0.29, 0.717) is 10.8 Å². The van der Waals surface area contributed by atoms with Crippen molar-refractivity contribution in [3.8, 4) is 0 Å². The smallest absolute Gasteiger partial charge is 0.0577 e. The van der Waals surface area contributed by atoms with Crippen LogP contribution in [0.15, 0.2) is 16.8 Å². The summed E-state index contributed by atoms with van der Waals surface area (Å²) in [4.78, 5) is 0. The van der Waals surface area contributed by atoms with Gasteiger partial charge in [0, 0.05) is 18.2 Å². The van der Waals surface area contributed by atoms with E-state index < -0.39 is 0 Å². The molecule has 2 N–H and O–H groups in total. The van der Waals surface area contributed by atoms with E-state index in [4.69, 9.17) is 0 Å². The zero-order valence-corrected chi connectivity index (χ0v) is 14.9. The van der Waals surface area contributed by atoms with Gasteiger partial charge in [-0.3, -0.25) is 0 Å². The maximum atomic E-state index is 10.1. The monoisotopic (exact) mass is 316 g/mol. The first kappa shape index (κ1) is 15.7. The Labute approximate surface area is 140 Å². The molecule has 0 aromatic rings. The number of nitrogens with one attached hydrogen (secondary N) is 1. The number of allylic oxidation sites excluding steroid dienone is 1. The molecule has 0 amide bonds. The molecule has 3 unspecified atom stereocenters. The van der Waals surface area contributed by atoms with Gasteiger partial charge in [0.15, 0.2) is 0 Å². The second-order valence-electron chi connectivity index (χ2n) is 8.93. The van der Waals surface area contributed by atoms with Crippen LogP contribution in [-0.4, -0.2) is 24.0 Å². The Kier molecular flexibility index (Phi) is 3.64. The van der Waals surface area contributed by atoms with Crippen molar-refractivity contribution < 1.29 is 5.11 Å². The Morgan fingerprint density at radius 3 is 2.65 bits per heavy atom. The van der Waals surface area contributed by atoms with Crippen LogP contribution in [0.3, 0.4) is 0 Å². The summed E-state index contributed by atoms with van der Waals surface area (Å²) in [6.07, 6.45) is 11.9. The highest BCUT2D eigenvalue weighted by Crippen LogP contribution is 2.64. The number of rotatable bonds is 1. The van der Waals surface area contributed by atoms with E-state index in [-0.39, 0.29) is 6.10 Å². The predicted octanol–water partition coefficient (Wildman–Crippen LogP) is 3.89. The summed E-state index contributed by atoms with van der Waals surface area (Å²) < 4.78 is 0. The molecule has 0 heterocycles. The van der Waals surface area contributed by atoms with E-state index in [1.165, 1.54) is 44.2 Å². The lowest BCUT2D eigenvalue weighted by molar-refractivity contribution is -0.0209. The summed E-state index contributed by atoms with van der Waals surface area (Å²) in [6, 6.07) is 0. The van der Waals surface area contributed by atoms with Crippen molar-refractivity contribution in [3.05, 3.63) is 11.6 Å². The van der Waals surface area contributed by atoms with E-state index in [1.54, 1.807) is 5.57 Å². The van der Waals surface area contributed by atoms with E-state index in [1.807, 2.05) is 7.05 Å². The van der Waals surface area contributed by atoms with Crippen molar-refractivity contribution in [2.75, 3.05) is 7.05 Å². The minimum atomic E-state index is -0.0967. The maximum Gasteiger partial charge on any atom is 0.0577 e. The Morgan fingerprint density at radius 1 is 1.13 bits per heavy atom. The first-order valence-electron chi connectivity index (χ1n) is 9.60. The number of hydrazone groups is 1. The van der Waals surface area contributed by atoms with Crippen LogP contribution in [-0.2, 0) is 0 Å². The average molecular weight is 316 g/mol. The van der Waals surface area contributed by atoms with E-state index in [2.05, 4.69) is 30.5 Å².